The summed E-state index contributed by atoms with van der Waals surface area (Å²) in [6.45, 7) is 9.60. The van der Waals surface area contributed by atoms with Crippen LogP contribution in [0.5, 0.6) is 23.0 Å². The summed E-state index contributed by atoms with van der Waals surface area (Å²) in [5.74, 6) is 1.16. The van der Waals surface area contributed by atoms with E-state index in [1.165, 1.54) is 23.1 Å². The van der Waals surface area contributed by atoms with Gasteiger partial charge < -0.3 is 18.9 Å². The third-order valence-corrected chi connectivity index (χ3v) is 16.5. The van der Waals surface area contributed by atoms with Gasteiger partial charge in [-0.3, -0.25) is 4.79 Å². The molecule has 2 fully saturated rings. The minimum atomic E-state index is -0.451. The van der Waals surface area contributed by atoms with Crippen LogP contribution in [-0.4, -0.2) is 30.8 Å². The quantitative estimate of drug-likeness (QED) is 0.0602. The Balaban J connectivity index is 0.767. The first kappa shape index (κ1) is 53.1. The van der Waals surface area contributed by atoms with Crippen molar-refractivity contribution in [3.63, 3.8) is 0 Å². The van der Waals surface area contributed by atoms with E-state index in [2.05, 4.69) is 61.5 Å². The second-order valence-electron chi connectivity index (χ2n) is 21.4. The van der Waals surface area contributed by atoms with Crippen LogP contribution in [0.1, 0.15) is 157 Å². The lowest BCUT2D eigenvalue weighted by Crippen LogP contribution is -2.30. The lowest BCUT2D eigenvalue weighted by molar-refractivity contribution is 0.0724. The van der Waals surface area contributed by atoms with Crippen LogP contribution in [-0.2, 0) is 10.8 Å². The summed E-state index contributed by atoms with van der Waals surface area (Å²) < 4.78 is 23.5. The van der Waals surface area contributed by atoms with Gasteiger partial charge in [0, 0.05) is 16.4 Å². The highest BCUT2D eigenvalue weighted by atomic mass is 16.5. The molecule has 2 aliphatic rings. The molecule has 0 atom stereocenters. The fraction of sp³-hybridized carbons (Fsp3) is 0.257. The predicted molar refractivity (Wildman–Crippen MR) is 308 cm³/mol. The van der Waals surface area contributed by atoms with Crippen molar-refractivity contribution in [2.75, 3.05) is 7.11 Å². The number of carbonyl (C=O) groups excluding carboxylic acids is 4. The Kier molecular flexibility index (Phi) is 15.4. The Morgan fingerprint density at radius 3 is 0.833 bits per heavy atom. The lowest BCUT2D eigenvalue weighted by atomic mass is 9.65. The number of ether oxygens (including phenoxy) is 4. The average molecular weight is 1040 g/mol. The van der Waals surface area contributed by atoms with Crippen molar-refractivity contribution in [3.8, 4) is 45.3 Å². The molecule has 0 unspecified atom stereocenters. The fourth-order valence-electron chi connectivity index (χ4n) is 11.9. The molecule has 0 radical (unpaired) electrons. The first-order valence-electron chi connectivity index (χ1n) is 27.3. The molecule has 0 N–H and O–H groups in total. The van der Waals surface area contributed by atoms with Gasteiger partial charge >= 0.3 is 17.9 Å². The van der Waals surface area contributed by atoms with Crippen LogP contribution in [0.3, 0.4) is 0 Å². The second kappa shape index (κ2) is 22.7. The van der Waals surface area contributed by atoms with Gasteiger partial charge in [0.15, 0.2) is 5.78 Å². The minimum Gasteiger partial charge on any atom is -0.496 e. The number of carbonyl (C=O) groups is 4. The molecule has 0 heterocycles. The van der Waals surface area contributed by atoms with Crippen LogP contribution >= 0.6 is 0 Å². The molecule has 0 amide bonds. The van der Waals surface area contributed by atoms with E-state index in [0.717, 1.165) is 114 Å². The number of rotatable bonds is 14. The Morgan fingerprint density at radius 1 is 0.333 bits per heavy atom. The number of hydrogen-bond acceptors (Lipinski definition) is 8. The van der Waals surface area contributed by atoms with Crippen LogP contribution in [0.2, 0.25) is 0 Å². The van der Waals surface area contributed by atoms with Gasteiger partial charge in [0.1, 0.15) is 23.0 Å². The van der Waals surface area contributed by atoms with Crippen molar-refractivity contribution in [2.45, 2.75) is 110 Å². The Bertz CT molecular complexity index is 3520. The number of methoxy groups -OCH3 is 1. The molecule has 8 aromatic carbocycles. The highest BCUT2D eigenvalue weighted by molar-refractivity contribution is 5.95. The molecule has 0 spiro atoms. The smallest absolute Gasteiger partial charge is 0.343 e. The predicted octanol–water partition coefficient (Wildman–Crippen LogP) is 16.6. The molecular formula is C70H66O8. The van der Waals surface area contributed by atoms with E-state index in [9.17, 15) is 19.2 Å². The summed E-state index contributed by atoms with van der Waals surface area (Å²) in [5, 5.41) is 0. The van der Waals surface area contributed by atoms with E-state index < -0.39 is 17.9 Å². The maximum atomic E-state index is 13.6. The third kappa shape index (κ3) is 10.9. The van der Waals surface area contributed by atoms with Crippen molar-refractivity contribution < 1.29 is 38.1 Å². The maximum absolute atomic E-state index is 13.6. The molecule has 2 aliphatic carbocycles. The van der Waals surface area contributed by atoms with Gasteiger partial charge in [-0.05, 0) is 188 Å². The summed E-state index contributed by atoms with van der Waals surface area (Å²) in [6, 6.07) is 54.4. The monoisotopic (exact) mass is 1030 g/mol. The van der Waals surface area contributed by atoms with Crippen molar-refractivity contribution in [2.24, 2.45) is 0 Å². The zero-order chi connectivity index (χ0) is 54.6. The van der Waals surface area contributed by atoms with E-state index in [4.69, 9.17) is 18.9 Å². The third-order valence-electron chi connectivity index (χ3n) is 16.5. The summed E-state index contributed by atoms with van der Waals surface area (Å²) in [6.07, 6.45) is 11.0. The highest BCUT2D eigenvalue weighted by Gasteiger charge is 2.38. The second-order valence-corrected chi connectivity index (χ2v) is 21.4. The number of hydrogen-bond donors (Lipinski definition) is 0. The summed E-state index contributed by atoms with van der Waals surface area (Å²) in [4.78, 5) is 52.2. The van der Waals surface area contributed by atoms with Gasteiger partial charge in [-0.15, -0.1) is 0 Å². The highest BCUT2D eigenvalue weighted by Crippen LogP contribution is 2.48. The number of Topliss-reactive ketones (excluding diaryl/α,β-unsaturated/α-hetero) is 1. The first-order valence-corrected chi connectivity index (χ1v) is 27.3. The van der Waals surface area contributed by atoms with Crippen LogP contribution < -0.4 is 18.9 Å². The van der Waals surface area contributed by atoms with E-state index in [-0.39, 0.29) is 16.6 Å². The van der Waals surface area contributed by atoms with Gasteiger partial charge in [-0.25, -0.2) is 14.4 Å². The van der Waals surface area contributed by atoms with Crippen molar-refractivity contribution in [3.05, 3.63) is 237 Å². The molecule has 78 heavy (non-hydrogen) atoms. The van der Waals surface area contributed by atoms with Gasteiger partial charge in [-0.2, -0.15) is 0 Å². The fourth-order valence-corrected chi connectivity index (χ4v) is 11.9. The first-order chi connectivity index (χ1) is 37.7. The van der Waals surface area contributed by atoms with Gasteiger partial charge in [0.25, 0.3) is 0 Å². The van der Waals surface area contributed by atoms with Crippen molar-refractivity contribution in [1.29, 1.82) is 0 Å². The average Bonchev–Trinajstić information content (AvgIpc) is 3.59. The largest absolute Gasteiger partial charge is 0.496 e. The molecule has 394 valence electrons. The Morgan fingerprint density at radius 2 is 0.590 bits per heavy atom. The van der Waals surface area contributed by atoms with E-state index in [1.54, 1.807) is 50.4 Å². The molecule has 0 aromatic heterocycles. The molecule has 8 aromatic rings. The van der Waals surface area contributed by atoms with Crippen LogP contribution in [0.4, 0.5) is 0 Å². The standard InChI is InChI=1S/C70H66O8/c1-45-41-58(29-33-62(45)75-6)69(37-9-7-10-38-69)59-30-34-63(46(2)42-59)76-67(73)56-25-19-53(20-26-56)54-21-27-57(28-22-54)68(74)78-65-36-32-61(44-48(65)4)70(39-11-8-12-40-70)60-31-35-64(47(3)43-60)77-66(72)55-23-17-52(18-24-55)51-15-13-50(14-16-51)49(5)71/h13-36,41-44H,7-12,37-40H2,1-6H3. The van der Waals surface area contributed by atoms with Gasteiger partial charge in [0.05, 0.1) is 23.8 Å². The van der Waals surface area contributed by atoms with Gasteiger partial charge in [-0.1, -0.05) is 148 Å². The van der Waals surface area contributed by atoms with Crippen molar-refractivity contribution >= 4 is 23.7 Å². The molecule has 10 rings (SSSR count). The van der Waals surface area contributed by atoms with E-state index in [1.807, 2.05) is 99.6 Å². The lowest BCUT2D eigenvalue weighted by Gasteiger charge is -2.39. The number of benzene rings is 8. The molecule has 0 bridgehead atoms. The topological polar surface area (TPSA) is 105 Å². The normalized spacial score (nSPS) is 14.7. The molecule has 2 saturated carbocycles. The zero-order valence-corrected chi connectivity index (χ0v) is 45.5. The number of esters is 3. The van der Waals surface area contributed by atoms with Crippen LogP contribution in [0.25, 0.3) is 22.3 Å². The summed E-state index contributed by atoms with van der Waals surface area (Å²) >= 11 is 0. The Hall–Kier alpha value is -8.36. The SMILES string of the molecule is COc1ccc(C2(c3ccc(OC(=O)c4ccc(-c5ccc(C(=O)Oc6ccc(C7(c8ccc(OC(=O)c9ccc(-c%10ccc(C(C)=O)cc%10)cc9)c(C)c8)CCCCC7)cc6C)cc5)cc4)c(C)c3)CCCCC2)cc1C. The van der Waals surface area contributed by atoms with E-state index in [0.29, 0.717) is 39.5 Å². The minimum absolute atomic E-state index is 0.0170. The molecular weight excluding hydrogens is 969 g/mol. The van der Waals surface area contributed by atoms with Crippen molar-refractivity contribution in [1.82, 2.24) is 0 Å². The number of aryl methyl sites for hydroxylation is 4. The summed E-state index contributed by atoms with van der Waals surface area (Å²) in [7, 11) is 1.71. The molecule has 8 heteroatoms. The maximum Gasteiger partial charge on any atom is 0.343 e. The zero-order valence-electron chi connectivity index (χ0n) is 45.5. The van der Waals surface area contributed by atoms with Crippen LogP contribution in [0, 0.1) is 27.7 Å². The van der Waals surface area contributed by atoms with Gasteiger partial charge in [0.2, 0.25) is 0 Å². The van der Waals surface area contributed by atoms with E-state index >= 15 is 0 Å². The molecule has 8 nitrogen and oxygen atoms in total. The summed E-state index contributed by atoms with van der Waals surface area (Å²) in [5.41, 5.74) is 13.9. The Labute approximate surface area is 458 Å². The molecule has 0 aliphatic heterocycles. The van der Waals surface area contributed by atoms with Crippen LogP contribution in [0.15, 0.2) is 170 Å². The number of ketones is 1. The molecule has 0 saturated heterocycles.